The van der Waals surface area contributed by atoms with Crippen LogP contribution in [0, 0.1) is 22.7 Å². The summed E-state index contributed by atoms with van der Waals surface area (Å²) < 4.78 is 171. The topological polar surface area (TPSA) is 57.4 Å². The van der Waals surface area contributed by atoms with Crippen LogP contribution in [0.15, 0.2) is 158 Å². The highest BCUT2D eigenvalue weighted by Gasteiger charge is 2.38. The highest BCUT2D eigenvalue weighted by Crippen LogP contribution is 2.45. The summed E-state index contributed by atoms with van der Waals surface area (Å²) in [4.78, 5) is 0. The Balaban J connectivity index is 1.22. The lowest BCUT2D eigenvalue weighted by atomic mass is 9.97. The van der Waals surface area contributed by atoms with Crippen LogP contribution in [0.25, 0.3) is 88.4 Å². The molecule has 0 aliphatic rings. The highest BCUT2D eigenvalue weighted by atomic mass is 19.4. The minimum absolute atomic E-state index is 0.0538. The third kappa shape index (κ3) is 7.81. The van der Waals surface area contributed by atoms with Gasteiger partial charge in [0.05, 0.1) is 72.9 Å². The Morgan fingerprint density at radius 1 is 0.329 bits per heavy atom. The Kier molecular flexibility index (Phi) is 10.4. The van der Waals surface area contributed by atoms with Crippen LogP contribution in [-0.4, -0.2) is 9.13 Å². The number of fused-ring (bicyclic) bond motifs is 6. The van der Waals surface area contributed by atoms with Gasteiger partial charge in [0.1, 0.15) is 6.07 Å². The second-order valence-electron chi connectivity index (χ2n) is 16.4. The van der Waals surface area contributed by atoms with Crippen LogP contribution in [0.2, 0.25) is 0 Å². The first-order valence-corrected chi connectivity index (χ1v) is 20.9. The van der Waals surface area contributed by atoms with Crippen molar-refractivity contribution in [3.8, 4) is 56.9 Å². The molecular weight excluding hydrogens is 933 g/mol. The number of aromatic nitrogens is 2. The third-order valence-corrected chi connectivity index (χ3v) is 12.2. The van der Waals surface area contributed by atoms with E-state index in [0.29, 0.717) is 90.4 Å². The van der Waals surface area contributed by atoms with E-state index in [4.69, 9.17) is 0 Å². The second-order valence-corrected chi connectivity index (χ2v) is 16.4. The molecular formula is C54H26F12N4. The Hall–Kier alpha value is -8.50. The van der Waals surface area contributed by atoms with Crippen molar-refractivity contribution in [2.75, 3.05) is 0 Å². The van der Waals surface area contributed by atoms with Crippen molar-refractivity contribution in [3.05, 3.63) is 191 Å². The Bertz CT molecular complexity index is 3810. The highest BCUT2D eigenvalue weighted by molar-refractivity contribution is 6.12. The zero-order valence-electron chi connectivity index (χ0n) is 35.3. The quantitative estimate of drug-likeness (QED) is 0.161. The molecule has 10 aromatic rings. The maximum Gasteiger partial charge on any atom is 0.416 e. The van der Waals surface area contributed by atoms with E-state index in [1.807, 2.05) is 0 Å². The normalized spacial score (nSPS) is 12.5. The van der Waals surface area contributed by atoms with Gasteiger partial charge < -0.3 is 9.13 Å². The van der Waals surface area contributed by atoms with Crippen LogP contribution in [-0.2, 0) is 24.7 Å². The number of alkyl halides is 12. The molecule has 0 fully saturated rings. The van der Waals surface area contributed by atoms with Crippen LogP contribution >= 0.6 is 0 Å². The summed E-state index contributed by atoms with van der Waals surface area (Å²) in [6, 6.07) is 39.7. The standard InChI is InChI=1S/C54H26F12N4/c55-51(56,57)36-17-33(18-37(24-36)52(58,59)60)30-12-14-47-43(21-30)40-8-1-3-10-45(40)69(47)49-26-42(32-7-5-6-29(16-32)27-67)50(23-35(49)28-68)70-46-11-4-2-9-41(46)44-22-31(13-15-48(44)70)34-19-38(53(61,62)63)25-39(20-34)54(64,65)66/h1-26H. The Labute approximate surface area is 387 Å². The van der Waals surface area contributed by atoms with Crippen molar-refractivity contribution >= 4 is 43.6 Å². The first-order valence-electron chi connectivity index (χ1n) is 20.9. The van der Waals surface area contributed by atoms with Crippen molar-refractivity contribution in [3.63, 3.8) is 0 Å². The molecule has 0 aliphatic heterocycles. The lowest BCUT2D eigenvalue weighted by molar-refractivity contribution is -0.144. The van der Waals surface area contributed by atoms with E-state index in [1.54, 1.807) is 100 Å². The van der Waals surface area contributed by atoms with Gasteiger partial charge in [0.2, 0.25) is 0 Å². The molecule has 0 saturated carbocycles. The van der Waals surface area contributed by atoms with Gasteiger partial charge >= 0.3 is 24.7 Å². The molecule has 0 amide bonds. The Morgan fingerprint density at radius 3 is 1.19 bits per heavy atom. The molecule has 8 aromatic carbocycles. The molecule has 346 valence electrons. The van der Waals surface area contributed by atoms with E-state index in [9.17, 15) is 63.2 Å². The monoisotopic (exact) mass is 958 g/mol. The number of hydrogen-bond donors (Lipinski definition) is 0. The summed E-state index contributed by atoms with van der Waals surface area (Å²) >= 11 is 0. The summed E-state index contributed by atoms with van der Waals surface area (Å²) in [6.45, 7) is 0. The predicted molar refractivity (Wildman–Crippen MR) is 241 cm³/mol. The molecule has 10 rings (SSSR count). The SMILES string of the molecule is N#Cc1cccc(-c2cc(-n3c4ccccc4c4cc(-c5cc(C(F)(F)F)cc(C(F)(F)F)c5)ccc43)c(C#N)cc2-n2c3ccccc3c3cc(-c4cc(C(F)(F)F)cc(C(F)(F)F)c4)ccc32)c1. The van der Waals surface area contributed by atoms with Gasteiger partial charge in [-0.15, -0.1) is 0 Å². The maximum absolute atomic E-state index is 14.0. The summed E-state index contributed by atoms with van der Waals surface area (Å²) in [5.41, 5.74) is -2.52. The lowest BCUT2D eigenvalue weighted by Crippen LogP contribution is -2.11. The van der Waals surface area contributed by atoms with Crippen molar-refractivity contribution in [1.82, 2.24) is 9.13 Å². The smallest absolute Gasteiger partial charge is 0.309 e. The van der Waals surface area contributed by atoms with Gasteiger partial charge in [0.25, 0.3) is 0 Å². The van der Waals surface area contributed by atoms with Gasteiger partial charge in [-0.05, 0) is 125 Å². The molecule has 0 unspecified atom stereocenters. The molecule has 70 heavy (non-hydrogen) atoms. The van der Waals surface area contributed by atoms with Crippen molar-refractivity contribution in [2.45, 2.75) is 24.7 Å². The van der Waals surface area contributed by atoms with E-state index in [2.05, 4.69) is 12.1 Å². The summed E-state index contributed by atoms with van der Waals surface area (Å²) in [5, 5.41) is 23.0. The largest absolute Gasteiger partial charge is 0.416 e. The molecule has 0 spiro atoms. The fourth-order valence-electron chi connectivity index (χ4n) is 9.09. The zero-order chi connectivity index (χ0) is 49.7. The van der Waals surface area contributed by atoms with Gasteiger partial charge in [-0.1, -0.05) is 60.7 Å². The van der Waals surface area contributed by atoms with Crippen molar-refractivity contribution < 1.29 is 52.7 Å². The number of halogens is 12. The van der Waals surface area contributed by atoms with E-state index in [-0.39, 0.29) is 45.5 Å². The van der Waals surface area contributed by atoms with E-state index in [0.717, 1.165) is 0 Å². The summed E-state index contributed by atoms with van der Waals surface area (Å²) in [7, 11) is 0. The first kappa shape index (κ1) is 45.3. The molecule has 0 bridgehead atoms. The number of para-hydroxylation sites is 2. The molecule has 16 heteroatoms. The molecule has 2 aromatic heterocycles. The molecule has 0 N–H and O–H groups in total. The second kappa shape index (κ2) is 16.1. The number of rotatable bonds is 5. The first-order chi connectivity index (χ1) is 33.1. The molecule has 0 saturated heterocycles. The average molecular weight is 959 g/mol. The molecule has 0 radical (unpaired) electrons. The van der Waals surface area contributed by atoms with Crippen molar-refractivity contribution in [1.29, 1.82) is 10.5 Å². The van der Waals surface area contributed by atoms with E-state index in [1.165, 1.54) is 30.3 Å². The van der Waals surface area contributed by atoms with Gasteiger partial charge in [-0.3, -0.25) is 0 Å². The zero-order valence-corrected chi connectivity index (χ0v) is 35.3. The lowest BCUT2D eigenvalue weighted by Gasteiger charge is -2.19. The van der Waals surface area contributed by atoms with Crippen LogP contribution in [0.1, 0.15) is 33.4 Å². The number of nitriles is 2. The molecule has 0 atom stereocenters. The Morgan fingerprint density at radius 2 is 0.757 bits per heavy atom. The van der Waals surface area contributed by atoms with Gasteiger partial charge in [-0.25, -0.2) is 0 Å². The number of benzene rings is 8. The maximum atomic E-state index is 14.0. The molecule has 0 aliphatic carbocycles. The van der Waals surface area contributed by atoms with E-state index < -0.39 is 47.0 Å². The van der Waals surface area contributed by atoms with Gasteiger partial charge in [-0.2, -0.15) is 63.2 Å². The average Bonchev–Trinajstić information content (AvgIpc) is 3.84. The van der Waals surface area contributed by atoms with Crippen LogP contribution < -0.4 is 0 Å². The van der Waals surface area contributed by atoms with Gasteiger partial charge in [0, 0.05) is 27.1 Å². The number of hydrogen-bond acceptors (Lipinski definition) is 2. The summed E-state index contributed by atoms with van der Waals surface area (Å²) in [5.74, 6) is 0. The minimum atomic E-state index is -5.08. The predicted octanol–water partition coefficient (Wildman–Crippen LogP) is 16.7. The van der Waals surface area contributed by atoms with Crippen LogP contribution in [0.3, 0.4) is 0 Å². The van der Waals surface area contributed by atoms with E-state index >= 15 is 0 Å². The van der Waals surface area contributed by atoms with Crippen LogP contribution in [0.4, 0.5) is 52.7 Å². The third-order valence-electron chi connectivity index (χ3n) is 12.2. The van der Waals surface area contributed by atoms with Crippen molar-refractivity contribution in [2.24, 2.45) is 0 Å². The fraction of sp³-hybridized carbons (Fsp3) is 0.0741. The van der Waals surface area contributed by atoms with Gasteiger partial charge in [0.15, 0.2) is 0 Å². The minimum Gasteiger partial charge on any atom is -0.309 e. The molecule has 4 nitrogen and oxygen atoms in total. The fourth-order valence-corrected chi connectivity index (χ4v) is 9.09. The number of nitrogens with zero attached hydrogens (tertiary/aromatic N) is 4. The summed E-state index contributed by atoms with van der Waals surface area (Å²) in [6.07, 6.45) is -20.3. The molecule has 2 heterocycles. The van der Waals surface area contributed by atoms with Crippen LogP contribution in [0.5, 0.6) is 0 Å².